The maximum absolute atomic E-state index is 13.1. The predicted octanol–water partition coefficient (Wildman–Crippen LogP) is 4.50. The van der Waals surface area contributed by atoms with E-state index in [0.717, 1.165) is 44.5 Å². The molecule has 2 aromatic carbocycles. The fourth-order valence-corrected chi connectivity index (χ4v) is 3.82. The van der Waals surface area contributed by atoms with Crippen LogP contribution in [0.2, 0.25) is 5.02 Å². The van der Waals surface area contributed by atoms with Crippen LogP contribution in [0.3, 0.4) is 0 Å². The predicted molar refractivity (Wildman–Crippen MR) is 108 cm³/mol. The van der Waals surface area contributed by atoms with Crippen LogP contribution in [0.5, 0.6) is 5.75 Å². The second-order valence-electron chi connectivity index (χ2n) is 7.15. The van der Waals surface area contributed by atoms with Gasteiger partial charge in [-0.3, -0.25) is 9.69 Å². The van der Waals surface area contributed by atoms with Crippen LogP contribution < -0.4 is 10.1 Å². The van der Waals surface area contributed by atoms with Crippen LogP contribution in [0.4, 0.5) is 4.39 Å². The molecule has 4 rings (SSSR count). The van der Waals surface area contributed by atoms with Crippen molar-refractivity contribution in [1.82, 2.24) is 10.2 Å². The molecule has 0 aliphatic carbocycles. The molecule has 0 spiro atoms. The molecule has 4 nitrogen and oxygen atoms in total. The molecule has 0 bridgehead atoms. The van der Waals surface area contributed by atoms with Gasteiger partial charge in [-0.2, -0.15) is 0 Å². The minimum absolute atomic E-state index is 0.118. The first-order chi connectivity index (χ1) is 13.6. The van der Waals surface area contributed by atoms with Gasteiger partial charge in [0.2, 0.25) is 0 Å². The molecule has 146 valence electrons. The Morgan fingerprint density at radius 3 is 2.79 bits per heavy atom. The fourth-order valence-electron chi connectivity index (χ4n) is 3.66. The summed E-state index contributed by atoms with van der Waals surface area (Å²) >= 11 is 6.00. The Morgan fingerprint density at radius 2 is 2.04 bits per heavy atom. The van der Waals surface area contributed by atoms with Crippen LogP contribution in [0, 0.1) is 5.82 Å². The van der Waals surface area contributed by atoms with Gasteiger partial charge in [-0.05, 0) is 60.9 Å². The van der Waals surface area contributed by atoms with Crippen molar-refractivity contribution < 1.29 is 13.9 Å². The van der Waals surface area contributed by atoms with Gasteiger partial charge in [0, 0.05) is 24.5 Å². The van der Waals surface area contributed by atoms with Crippen molar-refractivity contribution in [1.29, 1.82) is 0 Å². The average Bonchev–Trinajstić information content (AvgIpc) is 2.69. The molecular formula is C22H22ClFN2O2. The molecule has 0 radical (unpaired) electrons. The normalized spacial score (nSPS) is 19.4. The van der Waals surface area contributed by atoms with Gasteiger partial charge in [-0.15, -0.1) is 0 Å². The number of benzene rings is 2. The minimum Gasteiger partial charge on any atom is -0.470 e. The average molecular weight is 401 g/mol. The zero-order valence-electron chi connectivity index (χ0n) is 15.5. The first kappa shape index (κ1) is 19.0. The summed E-state index contributed by atoms with van der Waals surface area (Å²) in [5.74, 6) is 0.225. The lowest BCUT2D eigenvalue weighted by Gasteiger charge is -2.29. The smallest absolute Gasteiger partial charge is 0.257 e. The Balaban J connectivity index is 1.26. The molecule has 28 heavy (non-hydrogen) atoms. The lowest BCUT2D eigenvalue weighted by molar-refractivity contribution is 0.0728. The Morgan fingerprint density at radius 1 is 1.21 bits per heavy atom. The Bertz CT molecular complexity index is 898. The number of carbonyl (C=O) groups excluding carboxylic acids is 1. The highest BCUT2D eigenvalue weighted by Crippen LogP contribution is 2.28. The van der Waals surface area contributed by atoms with Crippen LogP contribution in [0.25, 0.3) is 5.57 Å². The van der Waals surface area contributed by atoms with E-state index in [-0.39, 0.29) is 18.0 Å². The summed E-state index contributed by atoms with van der Waals surface area (Å²) in [6.07, 6.45) is 4.50. The van der Waals surface area contributed by atoms with Crippen molar-refractivity contribution in [3.63, 3.8) is 0 Å². The fraction of sp³-hybridized carbons (Fsp3) is 0.318. The lowest BCUT2D eigenvalue weighted by atomic mass is 9.99. The van der Waals surface area contributed by atoms with Crippen molar-refractivity contribution in [3.05, 3.63) is 70.5 Å². The lowest BCUT2D eigenvalue weighted by Crippen LogP contribution is -2.43. The molecule has 1 N–H and O–H groups in total. The Labute approximate surface area is 168 Å². The summed E-state index contributed by atoms with van der Waals surface area (Å²) in [6, 6.07) is 11.7. The zero-order valence-corrected chi connectivity index (χ0v) is 16.2. The number of ether oxygens (including phenoxy) is 1. The maximum atomic E-state index is 13.1. The maximum Gasteiger partial charge on any atom is 0.257 e. The van der Waals surface area contributed by atoms with Gasteiger partial charge in [0.05, 0.1) is 5.56 Å². The van der Waals surface area contributed by atoms with Crippen molar-refractivity contribution in [2.24, 2.45) is 0 Å². The number of hydrogen-bond acceptors (Lipinski definition) is 3. The topological polar surface area (TPSA) is 41.6 Å². The van der Waals surface area contributed by atoms with Crippen molar-refractivity contribution in [3.8, 4) is 5.75 Å². The molecule has 0 saturated carbocycles. The molecular weight excluding hydrogens is 379 g/mol. The number of rotatable bonds is 5. The highest BCUT2D eigenvalue weighted by atomic mass is 35.5. The number of nitrogens with zero attached hydrogens (tertiary/aromatic N) is 1. The number of nitrogens with one attached hydrogen (secondary N) is 1. The third kappa shape index (κ3) is 4.37. The van der Waals surface area contributed by atoms with Crippen LogP contribution in [0.15, 0.2) is 48.5 Å². The number of hydrogen-bond donors (Lipinski definition) is 1. The van der Waals surface area contributed by atoms with Crippen molar-refractivity contribution in [2.75, 3.05) is 19.6 Å². The zero-order chi connectivity index (χ0) is 19.5. The van der Waals surface area contributed by atoms with E-state index >= 15 is 0 Å². The van der Waals surface area contributed by atoms with Crippen molar-refractivity contribution >= 4 is 23.1 Å². The SMILES string of the molecule is O=C1NC(CCCN2CC=C(c3ccc(F)cc3)CC2)Oc2cc(Cl)ccc21. The molecule has 1 unspecified atom stereocenters. The minimum atomic E-state index is -0.325. The molecule has 0 aromatic heterocycles. The third-order valence-corrected chi connectivity index (χ3v) is 5.43. The second-order valence-corrected chi connectivity index (χ2v) is 7.59. The highest BCUT2D eigenvalue weighted by Gasteiger charge is 2.25. The van der Waals surface area contributed by atoms with Crippen LogP contribution in [-0.4, -0.2) is 36.7 Å². The Hall–Kier alpha value is -2.37. The van der Waals surface area contributed by atoms with E-state index < -0.39 is 0 Å². The van der Waals surface area contributed by atoms with E-state index in [9.17, 15) is 9.18 Å². The summed E-state index contributed by atoms with van der Waals surface area (Å²) in [4.78, 5) is 14.6. The number of amides is 1. The van der Waals surface area contributed by atoms with Crippen LogP contribution >= 0.6 is 11.6 Å². The quantitative estimate of drug-likeness (QED) is 0.803. The van der Waals surface area contributed by atoms with E-state index in [2.05, 4.69) is 16.3 Å². The van der Waals surface area contributed by atoms with Crippen molar-refractivity contribution in [2.45, 2.75) is 25.5 Å². The summed E-state index contributed by atoms with van der Waals surface area (Å²) in [6.45, 7) is 2.79. The van der Waals surface area contributed by atoms with E-state index in [1.54, 1.807) is 18.2 Å². The molecule has 0 fully saturated rings. The van der Waals surface area contributed by atoms with Gasteiger partial charge in [-0.25, -0.2) is 4.39 Å². The molecule has 0 saturated heterocycles. The van der Waals surface area contributed by atoms with E-state index in [1.807, 2.05) is 12.1 Å². The van der Waals surface area contributed by atoms with Gasteiger partial charge in [-0.1, -0.05) is 29.8 Å². The third-order valence-electron chi connectivity index (χ3n) is 5.20. The van der Waals surface area contributed by atoms with E-state index in [0.29, 0.717) is 16.3 Å². The standard InChI is InChI=1S/C22H22ClFN2O2/c23-17-5-8-19-20(14-17)28-21(25-22(19)27)2-1-11-26-12-9-16(10-13-26)15-3-6-18(24)7-4-15/h3-9,14,21H,1-2,10-13H2,(H,25,27). The second kappa shape index (κ2) is 8.33. The number of carbonyl (C=O) groups is 1. The molecule has 2 heterocycles. The first-order valence-corrected chi connectivity index (χ1v) is 9.91. The summed E-state index contributed by atoms with van der Waals surface area (Å²) < 4.78 is 18.9. The number of halogens is 2. The van der Waals surface area contributed by atoms with Crippen LogP contribution in [0.1, 0.15) is 35.2 Å². The number of fused-ring (bicyclic) bond motifs is 1. The largest absolute Gasteiger partial charge is 0.470 e. The van der Waals surface area contributed by atoms with Gasteiger partial charge >= 0.3 is 0 Å². The van der Waals surface area contributed by atoms with Gasteiger partial charge in [0.25, 0.3) is 5.91 Å². The molecule has 2 aromatic rings. The molecule has 1 amide bonds. The molecule has 2 aliphatic heterocycles. The van der Waals surface area contributed by atoms with E-state index in [1.165, 1.54) is 17.7 Å². The molecule has 1 atom stereocenters. The van der Waals surface area contributed by atoms with Crippen LogP contribution in [-0.2, 0) is 0 Å². The highest BCUT2D eigenvalue weighted by molar-refractivity contribution is 6.30. The summed E-state index contributed by atoms with van der Waals surface area (Å²) in [5.41, 5.74) is 2.89. The summed E-state index contributed by atoms with van der Waals surface area (Å²) in [7, 11) is 0. The molecule has 2 aliphatic rings. The summed E-state index contributed by atoms with van der Waals surface area (Å²) in [5, 5.41) is 3.46. The molecule has 6 heteroatoms. The first-order valence-electron chi connectivity index (χ1n) is 9.53. The van der Waals surface area contributed by atoms with Gasteiger partial charge < -0.3 is 10.1 Å². The van der Waals surface area contributed by atoms with Gasteiger partial charge in [0.1, 0.15) is 11.6 Å². The Kier molecular flexibility index (Phi) is 5.64. The van der Waals surface area contributed by atoms with E-state index in [4.69, 9.17) is 16.3 Å². The van der Waals surface area contributed by atoms with Gasteiger partial charge in [0.15, 0.2) is 6.23 Å². The monoisotopic (exact) mass is 400 g/mol.